The molecule has 2 rings (SSSR count). The molecule has 1 unspecified atom stereocenters. The van der Waals surface area contributed by atoms with Crippen LogP contribution in [-0.4, -0.2) is 38.1 Å². The second-order valence-corrected chi connectivity index (χ2v) is 6.27. The summed E-state index contributed by atoms with van der Waals surface area (Å²) in [6.07, 6.45) is 11.6. The average Bonchev–Trinajstić information content (AvgIpc) is 2.83. The van der Waals surface area contributed by atoms with Gasteiger partial charge in [-0.25, -0.2) is 0 Å². The van der Waals surface area contributed by atoms with Gasteiger partial charge in [0.05, 0.1) is 0 Å². The molecule has 1 aliphatic heterocycles. The minimum absolute atomic E-state index is 0.962. The number of nitrogens with one attached hydrogen (secondary N) is 1. The van der Waals surface area contributed by atoms with E-state index in [1.165, 1.54) is 77.5 Å². The molecule has 1 aliphatic carbocycles. The molecule has 0 aromatic carbocycles. The van der Waals surface area contributed by atoms with Gasteiger partial charge in [0.1, 0.15) is 0 Å². The van der Waals surface area contributed by atoms with Gasteiger partial charge in [0.25, 0.3) is 0 Å². The van der Waals surface area contributed by atoms with Crippen molar-refractivity contribution >= 4 is 0 Å². The van der Waals surface area contributed by atoms with Crippen LogP contribution in [0.25, 0.3) is 0 Å². The minimum Gasteiger partial charge on any atom is -0.316 e. The topological polar surface area (TPSA) is 15.3 Å². The fraction of sp³-hybridized carbons (Fsp3) is 1.00. The normalized spacial score (nSPS) is 26.8. The number of piperidine rings is 1. The lowest BCUT2D eigenvalue weighted by molar-refractivity contribution is 0.258. The molecular weight excluding hydrogens is 208 g/mol. The smallest absolute Gasteiger partial charge is 0.000661 e. The van der Waals surface area contributed by atoms with Gasteiger partial charge in [-0.3, -0.25) is 0 Å². The molecule has 0 bridgehead atoms. The van der Waals surface area contributed by atoms with Crippen LogP contribution in [0.2, 0.25) is 0 Å². The molecule has 2 aliphatic rings. The highest BCUT2D eigenvalue weighted by Gasteiger charge is 2.17. The molecule has 1 heterocycles. The van der Waals surface area contributed by atoms with E-state index >= 15 is 0 Å². The van der Waals surface area contributed by atoms with E-state index in [1.807, 2.05) is 0 Å². The molecule has 100 valence electrons. The molecule has 2 heteroatoms. The van der Waals surface area contributed by atoms with Crippen molar-refractivity contribution < 1.29 is 0 Å². The van der Waals surface area contributed by atoms with E-state index < -0.39 is 0 Å². The maximum Gasteiger partial charge on any atom is 0.000661 e. The minimum atomic E-state index is 0.962. The number of hydrogen-bond acceptors (Lipinski definition) is 2. The molecular formula is C15H30N2. The Morgan fingerprint density at radius 2 is 1.82 bits per heavy atom. The standard InChI is InChI=1S/C15H30N2/c1-17(13-15-6-2-3-7-15)11-5-9-14-8-4-10-16-12-14/h14-16H,2-13H2,1H3. The molecule has 2 fully saturated rings. The molecule has 1 atom stereocenters. The highest BCUT2D eigenvalue weighted by molar-refractivity contribution is 4.72. The Labute approximate surface area is 107 Å². The van der Waals surface area contributed by atoms with Crippen molar-refractivity contribution in [2.24, 2.45) is 11.8 Å². The summed E-state index contributed by atoms with van der Waals surface area (Å²) in [6, 6.07) is 0. The SMILES string of the molecule is CN(CCCC1CCCNC1)CC1CCCC1. The zero-order chi connectivity index (χ0) is 11.9. The Hall–Kier alpha value is -0.0800. The third-order valence-corrected chi connectivity index (χ3v) is 4.60. The number of rotatable bonds is 6. The lowest BCUT2D eigenvalue weighted by Crippen LogP contribution is -2.31. The van der Waals surface area contributed by atoms with Crippen LogP contribution in [0.5, 0.6) is 0 Å². The molecule has 0 radical (unpaired) electrons. The molecule has 0 aromatic heterocycles. The summed E-state index contributed by atoms with van der Waals surface area (Å²) in [5.74, 6) is 1.97. The Morgan fingerprint density at radius 1 is 1.06 bits per heavy atom. The van der Waals surface area contributed by atoms with Crippen LogP contribution in [0.15, 0.2) is 0 Å². The lowest BCUT2D eigenvalue weighted by atomic mass is 9.94. The summed E-state index contributed by atoms with van der Waals surface area (Å²) in [6.45, 7) is 5.18. The molecule has 0 aromatic rings. The Morgan fingerprint density at radius 3 is 2.53 bits per heavy atom. The van der Waals surface area contributed by atoms with Crippen LogP contribution in [0.1, 0.15) is 51.4 Å². The van der Waals surface area contributed by atoms with Crippen molar-refractivity contribution in [3.8, 4) is 0 Å². The van der Waals surface area contributed by atoms with Gasteiger partial charge in [-0.1, -0.05) is 12.8 Å². The number of hydrogen-bond donors (Lipinski definition) is 1. The van der Waals surface area contributed by atoms with E-state index in [0.717, 1.165) is 11.8 Å². The van der Waals surface area contributed by atoms with Gasteiger partial charge in [-0.2, -0.15) is 0 Å². The third-order valence-electron chi connectivity index (χ3n) is 4.60. The lowest BCUT2D eigenvalue weighted by Gasteiger charge is -2.25. The van der Waals surface area contributed by atoms with Crippen molar-refractivity contribution in [3.63, 3.8) is 0 Å². The second-order valence-electron chi connectivity index (χ2n) is 6.27. The Kier molecular flexibility index (Phi) is 5.79. The van der Waals surface area contributed by atoms with Gasteiger partial charge < -0.3 is 10.2 Å². The highest BCUT2D eigenvalue weighted by Crippen LogP contribution is 2.25. The fourth-order valence-electron chi connectivity index (χ4n) is 3.55. The first-order valence-corrected chi connectivity index (χ1v) is 7.74. The van der Waals surface area contributed by atoms with E-state index in [9.17, 15) is 0 Å². The van der Waals surface area contributed by atoms with Gasteiger partial charge >= 0.3 is 0 Å². The van der Waals surface area contributed by atoms with Gasteiger partial charge in [-0.15, -0.1) is 0 Å². The molecule has 1 N–H and O–H groups in total. The summed E-state index contributed by atoms with van der Waals surface area (Å²) in [4.78, 5) is 2.58. The molecule has 1 saturated carbocycles. The largest absolute Gasteiger partial charge is 0.316 e. The summed E-state index contributed by atoms with van der Waals surface area (Å²) >= 11 is 0. The highest BCUT2D eigenvalue weighted by atomic mass is 15.1. The van der Waals surface area contributed by atoms with Crippen LogP contribution in [0.3, 0.4) is 0 Å². The van der Waals surface area contributed by atoms with Crippen LogP contribution in [0.4, 0.5) is 0 Å². The Bertz CT molecular complexity index is 193. The van der Waals surface area contributed by atoms with E-state index in [4.69, 9.17) is 0 Å². The van der Waals surface area contributed by atoms with Crippen molar-refractivity contribution in [1.82, 2.24) is 10.2 Å². The fourth-order valence-corrected chi connectivity index (χ4v) is 3.55. The first-order valence-electron chi connectivity index (χ1n) is 7.74. The monoisotopic (exact) mass is 238 g/mol. The first kappa shape index (κ1) is 13.4. The van der Waals surface area contributed by atoms with Crippen molar-refractivity contribution in [2.45, 2.75) is 51.4 Å². The average molecular weight is 238 g/mol. The van der Waals surface area contributed by atoms with E-state index in [0.29, 0.717) is 0 Å². The summed E-state index contributed by atoms with van der Waals surface area (Å²) in [7, 11) is 2.32. The summed E-state index contributed by atoms with van der Waals surface area (Å²) in [5, 5.41) is 3.52. The van der Waals surface area contributed by atoms with Crippen LogP contribution < -0.4 is 5.32 Å². The molecule has 17 heavy (non-hydrogen) atoms. The van der Waals surface area contributed by atoms with E-state index in [2.05, 4.69) is 17.3 Å². The molecule has 2 nitrogen and oxygen atoms in total. The molecule has 0 spiro atoms. The maximum absolute atomic E-state index is 3.52. The van der Waals surface area contributed by atoms with E-state index in [1.54, 1.807) is 0 Å². The number of nitrogens with zero attached hydrogens (tertiary/aromatic N) is 1. The predicted molar refractivity (Wildman–Crippen MR) is 74.3 cm³/mol. The van der Waals surface area contributed by atoms with Crippen LogP contribution in [-0.2, 0) is 0 Å². The third kappa shape index (κ3) is 4.97. The predicted octanol–water partition coefficient (Wildman–Crippen LogP) is 2.89. The van der Waals surface area contributed by atoms with Crippen molar-refractivity contribution in [1.29, 1.82) is 0 Å². The van der Waals surface area contributed by atoms with Gasteiger partial charge in [0, 0.05) is 6.54 Å². The quantitative estimate of drug-likeness (QED) is 0.765. The zero-order valence-electron chi connectivity index (χ0n) is 11.6. The van der Waals surface area contributed by atoms with Crippen molar-refractivity contribution in [3.05, 3.63) is 0 Å². The van der Waals surface area contributed by atoms with Crippen molar-refractivity contribution in [2.75, 3.05) is 33.2 Å². The molecule has 1 saturated heterocycles. The maximum atomic E-state index is 3.52. The summed E-state index contributed by atoms with van der Waals surface area (Å²) in [5.41, 5.74) is 0. The molecule has 0 amide bonds. The van der Waals surface area contributed by atoms with Gasteiger partial charge in [0.2, 0.25) is 0 Å². The summed E-state index contributed by atoms with van der Waals surface area (Å²) < 4.78 is 0. The second kappa shape index (κ2) is 7.38. The first-order chi connectivity index (χ1) is 8.34. The zero-order valence-corrected chi connectivity index (χ0v) is 11.6. The van der Waals surface area contributed by atoms with Crippen LogP contribution in [0, 0.1) is 11.8 Å². The van der Waals surface area contributed by atoms with Crippen LogP contribution >= 0.6 is 0 Å². The van der Waals surface area contributed by atoms with Gasteiger partial charge in [0.15, 0.2) is 0 Å². The van der Waals surface area contributed by atoms with Gasteiger partial charge in [-0.05, 0) is 77.0 Å². The van der Waals surface area contributed by atoms with E-state index in [-0.39, 0.29) is 0 Å². The Balaban J connectivity index is 1.51.